The maximum absolute atomic E-state index is 11.7. The van der Waals surface area contributed by atoms with Crippen LogP contribution in [0.2, 0.25) is 0 Å². The molecule has 0 unspecified atom stereocenters. The van der Waals surface area contributed by atoms with E-state index in [1.165, 1.54) is 11.8 Å². The van der Waals surface area contributed by atoms with Gasteiger partial charge in [0.05, 0.1) is 10.6 Å². The predicted octanol–water partition coefficient (Wildman–Crippen LogP) is 5.15. The van der Waals surface area contributed by atoms with Gasteiger partial charge in [-0.05, 0) is 53.3 Å². The number of hydrogen-bond donors (Lipinski definition) is 0. The summed E-state index contributed by atoms with van der Waals surface area (Å²) in [6, 6.07) is 25.2. The molecule has 0 radical (unpaired) electrons. The van der Waals surface area contributed by atoms with Crippen LogP contribution in [0.3, 0.4) is 0 Å². The van der Waals surface area contributed by atoms with Gasteiger partial charge in [-0.25, -0.2) is 8.42 Å². The Hall–Kier alpha value is -3.18. The van der Waals surface area contributed by atoms with Crippen molar-refractivity contribution >= 4 is 27.2 Å². The van der Waals surface area contributed by atoms with Crippen LogP contribution in [-0.2, 0) is 27.7 Å². The third-order valence-electron chi connectivity index (χ3n) is 5.12. The molecular formula is C25H23NO3S. The quantitative estimate of drug-likeness (QED) is 0.540. The number of benzene rings is 3. The van der Waals surface area contributed by atoms with Crippen molar-refractivity contribution in [3.05, 3.63) is 101 Å². The first kappa shape index (κ1) is 20.1. The normalized spacial score (nSPS) is 16.4. The summed E-state index contributed by atoms with van der Waals surface area (Å²) in [7, 11) is -3.21. The summed E-state index contributed by atoms with van der Waals surface area (Å²) in [5.41, 5.74) is 6.31. The molecular weight excluding hydrogens is 394 g/mol. The Morgan fingerprint density at radius 2 is 1.60 bits per heavy atom. The number of hydrogen-bond acceptors (Lipinski definition) is 4. The van der Waals surface area contributed by atoms with Crippen LogP contribution in [0, 0.1) is 0 Å². The minimum absolute atomic E-state index is 0.314. The van der Waals surface area contributed by atoms with Crippen LogP contribution in [0.5, 0.6) is 0 Å². The largest absolute Gasteiger partial charge is 0.391 e. The summed E-state index contributed by atoms with van der Waals surface area (Å²) in [4.78, 5) is 5.99. The summed E-state index contributed by atoms with van der Waals surface area (Å²) >= 11 is 0. The number of nitrogens with zero attached hydrogens (tertiary/aromatic N) is 1. The predicted molar refractivity (Wildman–Crippen MR) is 121 cm³/mol. The molecule has 0 N–H and O–H groups in total. The zero-order valence-corrected chi connectivity index (χ0v) is 17.6. The first-order valence-corrected chi connectivity index (χ1v) is 11.7. The number of oxime groups is 1. The number of sulfone groups is 1. The van der Waals surface area contributed by atoms with Crippen molar-refractivity contribution in [1.29, 1.82) is 0 Å². The number of rotatable bonds is 5. The van der Waals surface area contributed by atoms with Gasteiger partial charge in [0.2, 0.25) is 0 Å². The maximum Gasteiger partial charge on any atom is 0.175 e. The minimum Gasteiger partial charge on any atom is -0.391 e. The molecule has 1 aliphatic rings. The molecule has 0 saturated carbocycles. The highest BCUT2D eigenvalue weighted by molar-refractivity contribution is 7.90. The average Bonchev–Trinajstić information content (AvgIpc) is 2.75. The summed E-state index contributed by atoms with van der Waals surface area (Å²) in [5, 5.41) is 4.46. The van der Waals surface area contributed by atoms with E-state index in [1.54, 1.807) is 12.1 Å². The van der Waals surface area contributed by atoms with E-state index in [1.807, 2.05) is 54.6 Å². The van der Waals surface area contributed by atoms with Crippen LogP contribution in [0.4, 0.5) is 0 Å². The molecule has 3 aromatic rings. The summed E-state index contributed by atoms with van der Waals surface area (Å²) in [5.74, 6) is 0. The molecule has 0 saturated heterocycles. The van der Waals surface area contributed by atoms with Crippen molar-refractivity contribution in [2.75, 3.05) is 6.26 Å². The van der Waals surface area contributed by atoms with Gasteiger partial charge in [-0.2, -0.15) is 0 Å². The van der Waals surface area contributed by atoms with Crippen LogP contribution in [0.25, 0.3) is 11.6 Å². The van der Waals surface area contributed by atoms with Crippen molar-refractivity contribution in [2.24, 2.45) is 5.16 Å². The van der Waals surface area contributed by atoms with E-state index in [-0.39, 0.29) is 0 Å². The lowest BCUT2D eigenvalue weighted by Gasteiger charge is -2.21. The molecule has 0 aliphatic heterocycles. The number of allylic oxidation sites excluding steroid dienone is 1. The molecule has 1 aliphatic carbocycles. The van der Waals surface area contributed by atoms with E-state index in [2.05, 4.69) is 23.4 Å². The zero-order valence-electron chi connectivity index (χ0n) is 16.8. The van der Waals surface area contributed by atoms with Crippen molar-refractivity contribution in [2.45, 2.75) is 24.3 Å². The molecule has 0 amide bonds. The number of fused-ring (bicyclic) bond motifs is 1. The van der Waals surface area contributed by atoms with Gasteiger partial charge in [-0.15, -0.1) is 0 Å². The van der Waals surface area contributed by atoms with Crippen molar-refractivity contribution in [1.82, 2.24) is 0 Å². The van der Waals surface area contributed by atoms with Crippen LogP contribution in [0.1, 0.15) is 28.7 Å². The molecule has 30 heavy (non-hydrogen) atoms. The molecule has 3 aromatic carbocycles. The van der Waals surface area contributed by atoms with E-state index in [4.69, 9.17) is 4.84 Å². The SMILES string of the molecule is CS(=O)(=O)c1ccc(/C=C2/C(=N/OCc3ccccc3)CCc3ccccc32)cc1. The van der Waals surface area contributed by atoms with Crippen LogP contribution < -0.4 is 0 Å². The lowest BCUT2D eigenvalue weighted by atomic mass is 9.85. The Balaban J connectivity index is 1.66. The van der Waals surface area contributed by atoms with Crippen LogP contribution >= 0.6 is 0 Å². The summed E-state index contributed by atoms with van der Waals surface area (Å²) < 4.78 is 23.5. The highest BCUT2D eigenvalue weighted by Crippen LogP contribution is 2.31. The van der Waals surface area contributed by atoms with Gasteiger partial charge in [0, 0.05) is 11.8 Å². The topological polar surface area (TPSA) is 55.7 Å². The van der Waals surface area contributed by atoms with Gasteiger partial charge < -0.3 is 4.84 Å². The molecule has 0 fully saturated rings. The second-order valence-corrected chi connectivity index (χ2v) is 9.37. The molecule has 0 bridgehead atoms. The highest BCUT2D eigenvalue weighted by atomic mass is 32.2. The molecule has 0 spiro atoms. The monoisotopic (exact) mass is 417 g/mol. The van der Waals surface area contributed by atoms with Gasteiger partial charge in [0.1, 0.15) is 6.61 Å². The minimum atomic E-state index is -3.21. The van der Waals surface area contributed by atoms with E-state index in [0.717, 1.165) is 40.8 Å². The first-order chi connectivity index (χ1) is 14.5. The average molecular weight is 418 g/mol. The molecule has 5 heteroatoms. The summed E-state index contributed by atoms with van der Waals surface area (Å²) in [6.45, 7) is 0.419. The van der Waals surface area contributed by atoms with Gasteiger partial charge in [0.25, 0.3) is 0 Å². The van der Waals surface area contributed by atoms with Crippen molar-refractivity contribution in [3.63, 3.8) is 0 Å². The first-order valence-electron chi connectivity index (χ1n) is 9.84. The molecule has 4 nitrogen and oxygen atoms in total. The van der Waals surface area contributed by atoms with Gasteiger partial charge in [-0.3, -0.25) is 0 Å². The Kier molecular flexibility index (Phi) is 5.81. The lowest BCUT2D eigenvalue weighted by molar-refractivity contribution is 0.130. The summed E-state index contributed by atoms with van der Waals surface area (Å²) in [6.07, 6.45) is 4.97. The van der Waals surface area contributed by atoms with E-state index in [9.17, 15) is 8.42 Å². The fraction of sp³-hybridized carbons (Fsp3) is 0.160. The second kappa shape index (κ2) is 8.67. The van der Waals surface area contributed by atoms with E-state index >= 15 is 0 Å². The van der Waals surface area contributed by atoms with Crippen LogP contribution in [-0.4, -0.2) is 20.4 Å². The fourth-order valence-electron chi connectivity index (χ4n) is 3.54. The lowest BCUT2D eigenvalue weighted by Crippen LogP contribution is -2.13. The van der Waals surface area contributed by atoms with Crippen LogP contribution in [0.15, 0.2) is 88.9 Å². The van der Waals surface area contributed by atoms with Gasteiger partial charge in [-0.1, -0.05) is 71.9 Å². The Labute approximate surface area is 177 Å². The second-order valence-electron chi connectivity index (χ2n) is 7.35. The van der Waals surface area contributed by atoms with Crippen molar-refractivity contribution in [3.8, 4) is 0 Å². The standard InChI is InChI=1S/C25H23NO3S/c1-30(27,28)22-14-11-19(12-15-22)17-24-23-10-6-5-9-21(23)13-16-25(24)26-29-18-20-7-3-2-4-8-20/h2-12,14-15,17H,13,16,18H2,1H3/b24-17+,26-25+. The number of aryl methyl sites for hydroxylation is 1. The molecule has 0 atom stereocenters. The Morgan fingerprint density at radius 3 is 2.33 bits per heavy atom. The molecule has 0 heterocycles. The molecule has 4 rings (SSSR count). The van der Waals surface area contributed by atoms with Gasteiger partial charge in [0.15, 0.2) is 9.84 Å². The fourth-order valence-corrected chi connectivity index (χ4v) is 4.17. The van der Waals surface area contributed by atoms with Gasteiger partial charge >= 0.3 is 0 Å². The Bertz CT molecular complexity index is 1190. The van der Waals surface area contributed by atoms with Crippen molar-refractivity contribution < 1.29 is 13.3 Å². The Morgan fingerprint density at radius 1 is 0.900 bits per heavy atom. The zero-order chi connectivity index (χ0) is 21.0. The van der Waals surface area contributed by atoms with E-state index in [0.29, 0.717) is 11.5 Å². The van der Waals surface area contributed by atoms with E-state index < -0.39 is 9.84 Å². The third kappa shape index (κ3) is 4.69. The smallest absolute Gasteiger partial charge is 0.175 e. The third-order valence-corrected chi connectivity index (χ3v) is 6.25. The maximum atomic E-state index is 11.7. The highest BCUT2D eigenvalue weighted by Gasteiger charge is 2.20. The molecule has 152 valence electrons. The molecule has 0 aromatic heterocycles.